The molecule has 2 aromatic rings. The molecule has 0 unspecified atom stereocenters. The molecule has 7 nitrogen and oxygen atoms in total. The van der Waals surface area contributed by atoms with Gasteiger partial charge in [0.25, 0.3) is 11.8 Å². The van der Waals surface area contributed by atoms with Crippen LogP contribution in [-0.4, -0.2) is 49.0 Å². The van der Waals surface area contributed by atoms with Gasteiger partial charge in [0.2, 0.25) is 5.75 Å². The second-order valence-corrected chi connectivity index (χ2v) is 10.1. The highest BCUT2D eigenvalue weighted by Gasteiger charge is 2.59. The van der Waals surface area contributed by atoms with Crippen molar-refractivity contribution in [3.63, 3.8) is 0 Å². The van der Waals surface area contributed by atoms with E-state index in [1.54, 1.807) is 37.3 Å². The molecule has 4 rings (SSSR count). The summed E-state index contributed by atoms with van der Waals surface area (Å²) in [6.07, 6.45) is 2.06. The zero-order valence-electron chi connectivity index (χ0n) is 20.7. The first kappa shape index (κ1) is 24.9. The number of benzene rings is 2. The van der Waals surface area contributed by atoms with Gasteiger partial charge in [0, 0.05) is 24.1 Å². The van der Waals surface area contributed by atoms with Gasteiger partial charge in [-0.3, -0.25) is 9.59 Å². The Balaban J connectivity index is 1.78. The van der Waals surface area contributed by atoms with Crippen molar-refractivity contribution in [3.05, 3.63) is 58.7 Å². The highest BCUT2D eigenvalue weighted by Crippen LogP contribution is 2.50. The SMILES string of the molecule is COc1cc(/C=C2/C[C@]3(C(=O)NC(C)(C)C)c4ccccc4CN3C2=O)cc(OC)c1OCCCl. The number of halogens is 1. The van der Waals surface area contributed by atoms with E-state index >= 15 is 0 Å². The molecule has 2 aliphatic heterocycles. The van der Waals surface area contributed by atoms with Gasteiger partial charge in [0.15, 0.2) is 17.0 Å². The Kier molecular flexibility index (Phi) is 6.73. The highest BCUT2D eigenvalue weighted by molar-refractivity contribution is 6.18. The third kappa shape index (κ3) is 4.45. The number of rotatable bonds is 7. The predicted octanol–water partition coefficient (Wildman–Crippen LogP) is 4.26. The van der Waals surface area contributed by atoms with Crippen molar-refractivity contribution in [1.29, 1.82) is 0 Å². The summed E-state index contributed by atoms with van der Waals surface area (Å²) in [5.41, 5.74) is 1.60. The van der Waals surface area contributed by atoms with Gasteiger partial charge in [-0.2, -0.15) is 0 Å². The van der Waals surface area contributed by atoms with E-state index < -0.39 is 11.1 Å². The van der Waals surface area contributed by atoms with E-state index in [1.807, 2.05) is 45.0 Å². The number of ether oxygens (including phenoxy) is 3. The number of nitrogens with one attached hydrogen (secondary N) is 1. The van der Waals surface area contributed by atoms with Crippen LogP contribution < -0.4 is 19.5 Å². The van der Waals surface area contributed by atoms with E-state index in [4.69, 9.17) is 25.8 Å². The van der Waals surface area contributed by atoms with Crippen LogP contribution in [0.5, 0.6) is 17.2 Å². The standard InChI is InChI=1S/C27H31ClN2O5/c1-26(2,3)29-25(32)27-15-19(24(31)30(27)16-18-8-6-7-9-20(18)27)12-17-13-21(33-4)23(35-11-10-28)22(14-17)34-5/h6-9,12-14H,10-11,15-16H2,1-5H3,(H,29,32)/b19-12-/t27-/m1/s1. The van der Waals surface area contributed by atoms with Gasteiger partial charge in [-0.15, -0.1) is 11.6 Å². The van der Waals surface area contributed by atoms with Gasteiger partial charge < -0.3 is 24.4 Å². The zero-order valence-corrected chi connectivity index (χ0v) is 21.5. The minimum atomic E-state index is -1.08. The summed E-state index contributed by atoms with van der Waals surface area (Å²) in [6, 6.07) is 11.3. The van der Waals surface area contributed by atoms with Crippen LogP contribution in [0.15, 0.2) is 42.0 Å². The summed E-state index contributed by atoms with van der Waals surface area (Å²) in [4.78, 5) is 29.0. The number of carbonyl (C=O) groups excluding carboxylic acids is 2. The minimum Gasteiger partial charge on any atom is -0.493 e. The second-order valence-electron chi connectivity index (χ2n) is 9.75. The Morgan fingerprint density at radius 3 is 2.43 bits per heavy atom. The molecule has 2 aliphatic rings. The van der Waals surface area contributed by atoms with Crippen LogP contribution >= 0.6 is 11.6 Å². The Labute approximate surface area is 211 Å². The van der Waals surface area contributed by atoms with Gasteiger partial charge in [0.05, 0.1) is 20.1 Å². The van der Waals surface area contributed by atoms with Gasteiger partial charge in [-0.05, 0) is 55.7 Å². The quantitative estimate of drug-likeness (QED) is 0.456. The van der Waals surface area contributed by atoms with Crippen LogP contribution in [0.2, 0.25) is 0 Å². The molecule has 1 fully saturated rings. The molecule has 2 heterocycles. The van der Waals surface area contributed by atoms with E-state index in [1.165, 1.54) is 0 Å². The van der Waals surface area contributed by atoms with Gasteiger partial charge >= 0.3 is 0 Å². The number of alkyl halides is 1. The molecule has 2 aromatic carbocycles. The fourth-order valence-electron chi connectivity index (χ4n) is 4.82. The molecule has 186 valence electrons. The maximum Gasteiger partial charge on any atom is 0.251 e. The molecule has 1 N–H and O–H groups in total. The number of methoxy groups -OCH3 is 2. The maximum atomic E-state index is 13.7. The first-order chi connectivity index (χ1) is 16.6. The van der Waals surface area contributed by atoms with E-state index in [0.717, 1.165) is 11.1 Å². The molecular formula is C27H31ClN2O5. The molecule has 2 amide bonds. The number of amides is 2. The molecule has 35 heavy (non-hydrogen) atoms. The molecule has 1 atom stereocenters. The molecule has 0 spiro atoms. The van der Waals surface area contributed by atoms with Crippen molar-refractivity contribution in [2.75, 3.05) is 26.7 Å². The predicted molar refractivity (Wildman–Crippen MR) is 135 cm³/mol. The van der Waals surface area contributed by atoms with E-state index in [0.29, 0.717) is 47.4 Å². The normalized spacial score (nSPS) is 20.0. The highest BCUT2D eigenvalue weighted by atomic mass is 35.5. The Morgan fingerprint density at radius 2 is 1.83 bits per heavy atom. The second kappa shape index (κ2) is 9.46. The number of hydrogen-bond acceptors (Lipinski definition) is 5. The van der Waals surface area contributed by atoms with Crippen LogP contribution in [0.1, 0.15) is 43.9 Å². The molecule has 0 aromatic heterocycles. The molecular weight excluding hydrogens is 468 g/mol. The van der Waals surface area contributed by atoms with Gasteiger partial charge in [-0.1, -0.05) is 24.3 Å². The molecule has 8 heteroatoms. The van der Waals surface area contributed by atoms with Crippen LogP contribution in [0, 0.1) is 0 Å². The average Bonchev–Trinajstić information content (AvgIpc) is 3.29. The first-order valence-corrected chi connectivity index (χ1v) is 12.1. The van der Waals surface area contributed by atoms with E-state index in [-0.39, 0.29) is 18.2 Å². The van der Waals surface area contributed by atoms with E-state index in [9.17, 15) is 9.59 Å². The summed E-state index contributed by atoms with van der Waals surface area (Å²) in [5, 5.41) is 3.11. The summed E-state index contributed by atoms with van der Waals surface area (Å²) in [5.74, 6) is 1.38. The molecule has 1 saturated heterocycles. The van der Waals surface area contributed by atoms with Crippen molar-refractivity contribution >= 4 is 29.5 Å². The van der Waals surface area contributed by atoms with Crippen molar-refractivity contribution in [2.45, 2.75) is 44.8 Å². The Morgan fingerprint density at radius 1 is 1.17 bits per heavy atom. The minimum absolute atomic E-state index is 0.161. The molecule has 0 aliphatic carbocycles. The van der Waals surface area contributed by atoms with Crippen molar-refractivity contribution in [3.8, 4) is 17.2 Å². The van der Waals surface area contributed by atoms with Gasteiger partial charge in [-0.25, -0.2) is 0 Å². The third-order valence-electron chi connectivity index (χ3n) is 6.23. The first-order valence-electron chi connectivity index (χ1n) is 11.5. The summed E-state index contributed by atoms with van der Waals surface area (Å²) in [7, 11) is 3.08. The zero-order chi connectivity index (χ0) is 25.4. The Hall–Kier alpha value is -3.19. The van der Waals surface area contributed by atoms with Crippen LogP contribution in [0.25, 0.3) is 6.08 Å². The average molecular weight is 499 g/mol. The number of hydrogen-bond donors (Lipinski definition) is 1. The maximum absolute atomic E-state index is 13.7. The topological polar surface area (TPSA) is 77.1 Å². The third-order valence-corrected chi connectivity index (χ3v) is 6.38. The van der Waals surface area contributed by atoms with Crippen molar-refractivity contribution in [1.82, 2.24) is 10.2 Å². The lowest BCUT2D eigenvalue weighted by molar-refractivity contribution is -0.141. The molecule has 0 bridgehead atoms. The number of carbonyl (C=O) groups is 2. The fraction of sp³-hybridized carbons (Fsp3) is 0.407. The lowest BCUT2D eigenvalue weighted by atomic mass is 9.84. The summed E-state index contributed by atoms with van der Waals surface area (Å²) >= 11 is 5.77. The van der Waals surface area contributed by atoms with Crippen molar-refractivity contribution in [2.24, 2.45) is 0 Å². The summed E-state index contributed by atoms with van der Waals surface area (Å²) < 4.78 is 16.7. The van der Waals surface area contributed by atoms with Crippen LogP contribution in [0.4, 0.5) is 0 Å². The molecule has 0 saturated carbocycles. The van der Waals surface area contributed by atoms with Crippen molar-refractivity contribution < 1.29 is 23.8 Å². The van der Waals surface area contributed by atoms with Crippen LogP contribution in [-0.2, 0) is 21.7 Å². The number of fused-ring (bicyclic) bond motifs is 3. The lowest BCUT2D eigenvalue weighted by Gasteiger charge is -2.34. The van der Waals surface area contributed by atoms with Gasteiger partial charge in [0.1, 0.15) is 6.61 Å². The largest absolute Gasteiger partial charge is 0.493 e. The summed E-state index contributed by atoms with van der Waals surface area (Å²) in [6.45, 7) is 6.50. The number of nitrogens with zero attached hydrogens (tertiary/aromatic N) is 1. The van der Waals surface area contributed by atoms with Crippen LogP contribution in [0.3, 0.4) is 0 Å². The molecule has 0 radical (unpaired) electrons. The lowest BCUT2D eigenvalue weighted by Crippen LogP contribution is -2.55. The Bertz CT molecular complexity index is 1160. The smallest absolute Gasteiger partial charge is 0.251 e. The monoisotopic (exact) mass is 498 g/mol. The fourth-order valence-corrected chi connectivity index (χ4v) is 4.90. The van der Waals surface area contributed by atoms with E-state index in [2.05, 4.69) is 5.32 Å².